The third-order valence-corrected chi connectivity index (χ3v) is 4.21. The number of methoxy groups -OCH3 is 1. The molecule has 2 rings (SSSR count). The van der Waals surface area contributed by atoms with Crippen LogP contribution in [0.3, 0.4) is 0 Å². The second-order valence-electron chi connectivity index (χ2n) is 6.63. The highest BCUT2D eigenvalue weighted by atomic mass is 16.5. The number of anilines is 1. The Kier molecular flexibility index (Phi) is 6.77. The van der Waals surface area contributed by atoms with Gasteiger partial charge in [0.05, 0.1) is 13.7 Å². The Morgan fingerprint density at radius 2 is 1.78 bits per heavy atom. The van der Waals surface area contributed by atoms with Gasteiger partial charge in [-0.25, -0.2) is 0 Å². The number of carbonyl (C=O) groups is 2. The summed E-state index contributed by atoms with van der Waals surface area (Å²) in [7, 11) is 3.20. The van der Waals surface area contributed by atoms with Gasteiger partial charge in [-0.2, -0.15) is 0 Å². The topological polar surface area (TPSA) is 58.6 Å². The summed E-state index contributed by atoms with van der Waals surface area (Å²) in [5.74, 6) is 0.252. The Labute approximate surface area is 160 Å². The largest absolute Gasteiger partial charge is 0.497 e. The van der Waals surface area contributed by atoms with Gasteiger partial charge in [-0.05, 0) is 55.7 Å². The molecule has 1 N–H and O–H groups in total. The third-order valence-electron chi connectivity index (χ3n) is 4.21. The van der Waals surface area contributed by atoms with E-state index in [1.165, 1.54) is 11.0 Å². The molecular weight excluding hydrogens is 340 g/mol. The molecule has 0 saturated carbocycles. The predicted molar refractivity (Wildman–Crippen MR) is 109 cm³/mol. The lowest BCUT2D eigenvalue weighted by Gasteiger charge is -2.17. The zero-order chi connectivity index (χ0) is 20.0. The Morgan fingerprint density at radius 3 is 2.41 bits per heavy atom. The van der Waals surface area contributed by atoms with E-state index < -0.39 is 0 Å². The van der Waals surface area contributed by atoms with E-state index >= 15 is 0 Å². The monoisotopic (exact) mass is 366 g/mol. The molecule has 0 atom stereocenters. The number of carbonyl (C=O) groups excluding carboxylic acids is 2. The van der Waals surface area contributed by atoms with Gasteiger partial charge in [0.2, 0.25) is 11.8 Å². The smallest absolute Gasteiger partial charge is 0.246 e. The number of aryl methyl sites for hydroxylation is 3. The van der Waals surface area contributed by atoms with E-state index in [0.29, 0.717) is 0 Å². The molecule has 2 aromatic carbocycles. The van der Waals surface area contributed by atoms with Crippen molar-refractivity contribution >= 4 is 23.6 Å². The molecule has 2 aromatic rings. The molecule has 142 valence electrons. The Balaban J connectivity index is 1.97. The molecule has 0 aliphatic heterocycles. The number of ether oxygens (including phenoxy) is 1. The standard InChI is InChI=1S/C22H26N2O3/c1-15-11-16(2)22(17(3)12-15)23-20(25)14-24(4)21(26)10-9-18-7-6-8-19(13-18)27-5/h6-13H,14H2,1-5H3,(H,23,25)/b10-9+. The van der Waals surface area contributed by atoms with Crippen LogP contribution in [0.25, 0.3) is 6.08 Å². The summed E-state index contributed by atoms with van der Waals surface area (Å²) in [5, 5.41) is 2.91. The van der Waals surface area contributed by atoms with Crippen LogP contribution in [-0.4, -0.2) is 37.4 Å². The van der Waals surface area contributed by atoms with Gasteiger partial charge in [-0.1, -0.05) is 29.8 Å². The van der Waals surface area contributed by atoms with E-state index in [-0.39, 0.29) is 18.4 Å². The summed E-state index contributed by atoms with van der Waals surface area (Å²) >= 11 is 0. The first-order chi connectivity index (χ1) is 12.8. The molecule has 0 spiro atoms. The van der Waals surface area contributed by atoms with E-state index in [1.807, 2.05) is 57.2 Å². The van der Waals surface area contributed by atoms with Gasteiger partial charge in [0.1, 0.15) is 5.75 Å². The van der Waals surface area contributed by atoms with E-state index in [0.717, 1.165) is 33.7 Å². The van der Waals surface area contributed by atoms with Gasteiger partial charge in [-0.15, -0.1) is 0 Å². The molecule has 27 heavy (non-hydrogen) atoms. The van der Waals surface area contributed by atoms with Crippen molar-refractivity contribution in [3.8, 4) is 5.75 Å². The van der Waals surface area contributed by atoms with Crippen molar-refractivity contribution in [1.82, 2.24) is 4.90 Å². The average Bonchev–Trinajstić information content (AvgIpc) is 2.62. The van der Waals surface area contributed by atoms with Crippen molar-refractivity contribution in [3.05, 3.63) is 64.7 Å². The number of hydrogen-bond donors (Lipinski definition) is 1. The summed E-state index contributed by atoms with van der Waals surface area (Å²) in [6.07, 6.45) is 3.15. The molecule has 0 aliphatic rings. The molecule has 0 unspecified atom stereocenters. The van der Waals surface area contributed by atoms with Crippen molar-refractivity contribution in [2.24, 2.45) is 0 Å². The first kappa shape index (κ1) is 20.2. The molecule has 0 fully saturated rings. The van der Waals surface area contributed by atoms with Gasteiger partial charge >= 0.3 is 0 Å². The maximum Gasteiger partial charge on any atom is 0.246 e. The summed E-state index contributed by atoms with van der Waals surface area (Å²) < 4.78 is 5.16. The second-order valence-corrected chi connectivity index (χ2v) is 6.63. The summed E-state index contributed by atoms with van der Waals surface area (Å²) in [4.78, 5) is 26.0. The maximum absolute atomic E-state index is 12.3. The number of rotatable bonds is 6. The summed E-state index contributed by atoms with van der Waals surface area (Å²) in [6, 6.07) is 11.4. The number of nitrogens with zero attached hydrogens (tertiary/aromatic N) is 1. The number of likely N-dealkylation sites (N-methyl/N-ethyl adjacent to an activating group) is 1. The highest BCUT2D eigenvalue weighted by Crippen LogP contribution is 2.21. The molecule has 0 saturated heterocycles. The maximum atomic E-state index is 12.3. The Hall–Kier alpha value is -3.08. The van der Waals surface area contributed by atoms with Crippen LogP contribution in [0.2, 0.25) is 0 Å². The fraction of sp³-hybridized carbons (Fsp3) is 0.273. The molecule has 0 radical (unpaired) electrons. The van der Waals surface area contributed by atoms with Crippen LogP contribution in [0.15, 0.2) is 42.5 Å². The van der Waals surface area contributed by atoms with Crippen LogP contribution in [0.5, 0.6) is 5.75 Å². The normalized spacial score (nSPS) is 10.7. The average molecular weight is 366 g/mol. The van der Waals surface area contributed by atoms with Crippen molar-refractivity contribution in [3.63, 3.8) is 0 Å². The fourth-order valence-corrected chi connectivity index (χ4v) is 2.89. The third kappa shape index (κ3) is 5.71. The van der Waals surface area contributed by atoms with Crippen LogP contribution in [0.4, 0.5) is 5.69 Å². The van der Waals surface area contributed by atoms with Gasteiger partial charge in [-0.3, -0.25) is 9.59 Å². The number of hydrogen-bond acceptors (Lipinski definition) is 3. The number of amides is 2. The molecule has 0 bridgehead atoms. The quantitative estimate of drug-likeness (QED) is 0.793. The van der Waals surface area contributed by atoms with E-state index in [4.69, 9.17) is 4.74 Å². The molecular formula is C22H26N2O3. The SMILES string of the molecule is COc1cccc(/C=C/C(=O)N(C)CC(=O)Nc2c(C)cc(C)cc2C)c1. The zero-order valence-electron chi connectivity index (χ0n) is 16.5. The predicted octanol–water partition coefficient (Wildman–Crippen LogP) is 3.73. The second kappa shape index (κ2) is 9.03. The van der Waals surface area contributed by atoms with Crippen LogP contribution >= 0.6 is 0 Å². The number of benzene rings is 2. The van der Waals surface area contributed by atoms with Crippen LogP contribution in [0.1, 0.15) is 22.3 Å². The van der Waals surface area contributed by atoms with Crippen molar-refractivity contribution in [1.29, 1.82) is 0 Å². The lowest BCUT2D eigenvalue weighted by Crippen LogP contribution is -2.34. The first-order valence-electron chi connectivity index (χ1n) is 8.75. The van der Waals surface area contributed by atoms with E-state index in [2.05, 4.69) is 5.32 Å². The van der Waals surface area contributed by atoms with Crippen LogP contribution < -0.4 is 10.1 Å². The van der Waals surface area contributed by atoms with Crippen molar-refractivity contribution in [2.45, 2.75) is 20.8 Å². The lowest BCUT2D eigenvalue weighted by molar-refractivity contribution is -0.129. The van der Waals surface area contributed by atoms with E-state index in [1.54, 1.807) is 20.2 Å². The van der Waals surface area contributed by atoms with Gasteiger partial charge in [0, 0.05) is 18.8 Å². The number of nitrogens with one attached hydrogen (secondary N) is 1. The van der Waals surface area contributed by atoms with Gasteiger partial charge in [0.25, 0.3) is 0 Å². The molecule has 5 heteroatoms. The van der Waals surface area contributed by atoms with Gasteiger partial charge in [0.15, 0.2) is 0 Å². The Bertz CT molecular complexity index is 849. The highest BCUT2D eigenvalue weighted by Gasteiger charge is 2.13. The minimum atomic E-state index is -0.245. The first-order valence-corrected chi connectivity index (χ1v) is 8.75. The zero-order valence-corrected chi connectivity index (χ0v) is 16.5. The molecule has 5 nitrogen and oxygen atoms in total. The lowest BCUT2D eigenvalue weighted by atomic mass is 10.1. The summed E-state index contributed by atoms with van der Waals surface area (Å²) in [6.45, 7) is 5.92. The molecule has 0 heterocycles. The molecule has 0 aromatic heterocycles. The fourth-order valence-electron chi connectivity index (χ4n) is 2.89. The van der Waals surface area contributed by atoms with Crippen molar-refractivity contribution < 1.29 is 14.3 Å². The van der Waals surface area contributed by atoms with Crippen LogP contribution in [0, 0.1) is 20.8 Å². The van der Waals surface area contributed by atoms with Gasteiger partial charge < -0.3 is 15.0 Å². The Morgan fingerprint density at radius 1 is 1.11 bits per heavy atom. The van der Waals surface area contributed by atoms with E-state index in [9.17, 15) is 9.59 Å². The van der Waals surface area contributed by atoms with Crippen LogP contribution in [-0.2, 0) is 9.59 Å². The molecule has 2 amide bonds. The molecule has 0 aliphatic carbocycles. The minimum absolute atomic E-state index is 0.0198. The minimum Gasteiger partial charge on any atom is -0.497 e. The highest BCUT2D eigenvalue weighted by molar-refractivity contribution is 5.98. The summed E-state index contributed by atoms with van der Waals surface area (Å²) in [5.41, 5.74) is 4.82. The van der Waals surface area contributed by atoms with Crippen molar-refractivity contribution in [2.75, 3.05) is 26.0 Å².